The lowest BCUT2D eigenvalue weighted by molar-refractivity contribution is 1.34. The minimum Gasteiger partial charge on any atom is -0.399 e. The Labute approximate surface area is 120 Å². The minimum atomic E-state index is 0. The monoisotopic (exact) mass is 284 g/mol. The fraction of sp³-hybridized carbons (Fsp3) is 0.143. The van der Waals surface area contributed by atoms with E-state index in [1.165, 1.54) is 11.1 Å². The van der Waals surface area contributed by atoms with E-state index in [0.717, 1.165) is 22.5 Å². The van der Waals surface area contributed by atoms with Gasteiger partial charge in [0.05, 0.1) is 0 Å². The van der Waals surface area contributed by atoms with Crippen LogP contribution in [-0.4, -0.2) is 0 Å². The molecule has 4 N–H and O–H groups in total. The van der Waals surface area contributed by atoms with Crippen molar-refractivity contribution in [2.75, 3.05) is 11.5 Å². The zero-order chi connectivity index (χ0) is 11.7. The van der Waals surface area contributed by atoms with Gasteiger partial charge in [-0.1, -0.05) is 18.2 Å². The van der Waals surface area contributed by atoms with Crippen LogP contribution in [0.3, 0.4) is 0 Å². The summed E-state index contributed by atoms with van der Waals surface area (Å²) in [6, 6.07) is 11.9. The molecule has 4 heteroatoms. The minimum absolute atomic E-state index is 0. The Kier molecular flexibility index (Phi) is 6.02. The van der Waals surface area contributed by atoms with Gasteiger partial charge in [-0.05, 0) is 48.7 Å². The highest BCUT2D eigenvalue weighted by Gasteiger charge is 2.04. The molecule has 0 aliphatic heterocycles. The summed E-state index contributed by atoms with van der Waals surface area (Å²) < 4.78 is 0. The van der Waals surface area contributed by atoms with Crippen LogP contribution in [0.1, 0.15) is 11.1 Å². The molecule has 18 heavy (non-hydrogen) atoms. The zero-order valence-electron chi connectivity index (χ0n) is 10.4. The van der Waals surface area contributed by atoms with Gasteiger partial charge < -0.3 is 11.5 Å². The first-order valence-electron chi connectivity index (χ1n) is 5.30. The van der Waals surface area contributed by atoms with Gasteiger partial charge in [0.2, 0.25) is 0 Å². The van der Waals surface area contributed by atoms with E-state index in [-0.39, 0.29) is 24.8 Å². The lowest BCUT2D eigenvalue weighted by Crippen LogP contribution is -1.93. The van der Waals surface area contributed by atoms with Crippen molar-refractivity contribution in [3.63, 3.8) is 0 Å². The highest BCUT2D eigenvalue weighted by molar-refractivity contribution is 5.85. The molecule has 0 aliphatic carbocycles. The molecule has 2 aromatic carbocycles. The van der Waals surface area contributed by atoms with E-state index in [9.17, 15) is 0 Å². The van der Waals surface area contributed by atoms with Crippen molar-refractivity contribution in [1.29, 1.82) is 0 Å². The molecule has 0 aliphatic rings. The van der Waals surface area contributed by atoms with Gasteiger partial charge in [0.25, 0.3) is 0 Å². The molecule has 0 bridgehead atoms. The molecule has 0 saturated heterocycles. The summed E-state index contributed by atoms with van der Waals surface area (Å²) in [7, 11) is 0. The van der Waals surface area contributed by atoms with Crippen molar-refractivity contribution in [2.24, 2.45) is 0 Å². The summed E-state index contributed by atoms with van der Waals surface area (Å²) in [5.41, 5.74) is 17.9. The Morgan fingerprint density at radius 1 is 0.778 bits per heavy atom. The second-order valence-electron chi connectivity index (χ2n) is 4.15. The van der Waals surface area contributed by atoms with Crippen LogP contribution in [0.15, 0.2) is 36.4 Å². The third kappa shape index (κ3) is 3.31. The molecule has 2 rings (SSSR count). The average Bonchev–Trinajstić information content (AvgIpc) is 2.26. The van der Waals surface area contributed by atoms with E-state index in [4.69, 9.17) is 11.5 Å². The molecule has 2 nitrogen and oxygen atoms in total. The van der Waals surface area contributed by atoms with Gasteiger partial charge in [0.15, 0.2) is 0 Å². The smallest absolute Gasteiger partial charge is 0.0395 e. The number of benzene rings is 2. The topological polar surface area (TPSA) is 52.0 Å². The van der Waals surface area contributed by atoms with Gasteiger partial charge in [-0.2, -0.15) is 0 Å². The number of halogens is 2. The van der Waals surface area contributed by atoms with Crippen molar-refractivity contribution in [1.82, 2.24) is 0 Å². The molecule has 0 saturated carbocycles. The lowest BCUT2D eigenvalue weighted by atomic mass is 9.99. The summed E-state index contributed by atoms with van der Waals surface area (Å²) in [5, 5.41) is 0. The molecule has 0 heterocycles. The fourth-order valence-electron chi connectivity index (χ4n) is 1.73. The maximum absolute atomic E-state index is 5.95. The molecule has 0 fully saturated rings. The van der Waals surface area contributed by atoms with Crippen LogP contribution in [-0.2, 0) is 0 Å². The number of hydrogen-bond donors (Lipinski definition) is 2. The number of nitrogen functional groups attached to an aromatic ring is 2. The molecular weight excluding hydrogens is 267 g/mol. The van der Waals surface area contributed by atoms with E-state index in [0.29, 0.717) is 0 Å². The second kappa shape index (κ2) is 6.53. The Morgan fingerprint density at radius 2 is 1.44 bits per heavy atom. The second-order valence-corrected chi connectivity index (χ2v) is 4.15. The van der Waals surface area contributed by atoms with Gasteiger partial charge in [-0.15, -0.1) is 24.8 Å². The van der Waals surface area contributed by atoms with Crippen molar-refractivity contribution in [3.05, 3.63) is 47.5 Å². The van der Waals surface area contributed by atoms with Gasteiger partial charge >= 0.3 is 0 Å². The van der Waals surface area contributed by atoms with Crippen LogP contribution in [0.25, 0.3) is 11.1 Å². The highest BCUT2D eigenvalue weighted by Crippen LogP contribution is 2.29. The van der Waals surface area contributed by atoms with Gasteiger partial charge in [-0.3, -0.25) is 0 Å². The van der Waals surface area contributed by atoms with Crippen LogP contribution in [0, 0.1) is 13.8 Å². The number of anilines is 2. The molecular formula is C14H18Cl2N2. The average molecular weight is 285 g/mol. The van der Waals surface area contributed by atoms with Crippen molar-refractivity contribution >= 4 is 36.2 Å². The number of aryl methyl sites for hydroxylation is 2. The quantitative estimate of drug-likeness (QED) is 0.779. The maximum atomic E-state index is 5.95. The van der Waals surface area contributed by atoms with Crippen molar-refractivity contribution < 1.29 is 0 Å². The molecule has 98 valence electrons. The molecule has 0 atom stereocenters. The Bertz CT molecular complexity index is 539. The molecule has 0 spiro atoms. The molecule has 2 aromatic rings. The molecule has 0 unspecified atom stereocenters. The van der Waals surface area contributed by atoms with Crippen molar-refractivity contribution in [3.8, 4) is 11.1 Å². The molecule has 0 amide bonds. The van der Waals surface area contributed by atoms with E-state index in [1.807, 2.05) is 18.2 Å². The normalized spacial score (nSPS) is 9.22. The molecule has 0 aromatic heterocycles. The predicted molar refractivity (Wildman–Crippen MR) is 84.7 cm³/mol. The van der Waals surface area contributed by atoms with E-state index >= 15 is 0 Å². The zero-order valence-corrected chi connectivity index (χ0v) is 12.1. The largest absolute Gasteiger partial charge is 0.399 e. The van der Waals surface area contributed by atoms with Crippen LogP contribution in [0.4, 0.5) is 11.4 Å². The van der Waals surface area contributed by atoms with Crippen LogP contribution < -0.4 is 11.5 Å². The summed E-state index contributed by atoms with van der Waals surface area (Å²) in [4.78, 5) is 0. The highest BCUT2D eigenvalue weighted by atomic mass is 35.5. The predicted octanol–water partition coefficient (Wildman–Crippen LogP) is 3.98. The SMILES string of the molecule is Cc1ccc(-c2cc(N)ccc2N)cc1C.Cl.Cl. The van der Waals surface area contributed by atoms with Crippen molar-refractivity contribution in [2.45, 2.75) is 13.8 Å². The lowest BCUT2D eigenvalue weighted by Gasteiger charge is -2.09. The third-order valence-corrected chi connectivity index (χ3v) is 2.90. The number of hydrogen-bond acceptors (Lipinski definition) is 2. The fourth-order valence-corrected chi connectivity index (χ4v) is 1.73. The van der Waals surface area contributed by atoms with E-state index in [2.05, 4.69) is 32.0 Å². The Hall–Kier alpha value is -1.38. The van der Waals surface area contributed by atoms with Crippen LogP contribution >= 0.6 is 24.8 Å². The summed E-state index contributed by atoms with van der Waals surface area (Å²) in [6.07, 6.45) is 0. The number of nitrogens with two attached hydrogens (primary N) is 2. The standard InChI is InChI=1S/C14H16N2.2ClH/c1-9-3-4-11(7-10(9)2)13-8-12(15)5-6-14(13)16;;/h3-8H,15-16H2,1-2H3;2*1H. The first kappa shape index (κ1) is 16.6. The van der Waals surface area contributed by atoms with Gasteiger partial charge in [-0.25, -0.2) is 0 Å². The van der Waals surface area contributed by atoms with Crippen LogP contribution in [0.5, 0.6) is 0 Å². The Balaban J connectivity index is 0.00000144. The summed E-state index contributed by atoms with van der Waals surface area (Å²) in [6.45, 7) is 4.20. The maximum Gasteiger partial charge on any atom is 0.0395 e. The van der Waals surface area contributed by atoms with E-state index < -0.39 is 0 Å². The van der Waals surface area contributed by atoms with Gasteiger partial charge in [0, 0.05) is 16.9 Å². The Morgan fingerprint density at radius 3 is 2.06 bits per heavy atom. The number of rotatable bonds is 1. The first-order chi connectivity index (χ1) is 7.58. The van der Waals surface area contributed by atoms with Crippen LogP contribution in [0.2, 0.25) is 0 Å². The summed E-state index contributed by atoms with van der Waals surface area (Å²) in [5.74, 6) is 0. The summed E-state index contributed by atoms with van der Waals surface area (Å²) >= 11 is 0. The third-order valence-electron chi connectivity index (χ3n) is 2.90. The first-order valence-corrected chi connectivity index (χ1v) is 5.30. The molecule has 0 radical (unpaired) electrons. The van der Waals surface area contributed by atoms with E-state index in [1.54, 1.807) is 0 Å². The van der Waals surface area contributed by atoms with Gasteiger partial charge in [0.1, 0.15) is 0 Å².